The maximum absolute atomic E-state index is 14.5. The third kappa shape index (κ3) is 2.59. The van der Waals surface area contributed by atoms with Crippen molar-refractivity contribution in [3.8, 4) is 28.3 Å². The Morgan fingerprint density at radius 2 is 1.64 bits per heavy atom. The summed E-state index contributed by atoms with van der Waals surface area (Å²) in [4.78, 5) is 0. The lowest BCUT2D eigenvalue weighted by molar-refractivity contribution is 0.474. The van der Waals surface area contributed by atoms with Gasteiger partial charge in [0.15, 0.2) is 0 Å². The molecule has 25 heavy (non-hydrogen) atoms. The molecule has 0 bridgehead atoms. The number of benzene rings is 3. The Hall–Kier alpha value is -3.34. The Morgan fingerprint density at radius 3 is 2.36 bits per heavy atom. The lowest BCUT2D eigenvalue weighted by atomic mass is 10.0. The fourth-order valence-corrected chi connectivity index (χ4v) is 2.92. The first-order valence-electron chi connectivity index (χ1n) is 7.53. The summed E-state index contributed by atoms with van der Waals surface area (Å²) >= 11 is 0. The van der Waals surface area contributed by atoms with E-state index in [0.717, 1.165) is 6.07 Å². The zero-order valence-electron chi connectivity index (χ0n) is 12.9. The highest BCUT2D eigenvalue weighted by molar-refractivity contribution is 5.97. The second-order valence-electron chi connectivity index (χ2n) is 5.67. The number of phenolic OH excluding ortho intramolecular Hbond substituents is 2. The molecule has 0 amide bonds. The van der Waals surface area contributed by atoms with Gasteiger partial charge < -0.3 is 14.8 Å². The Labute approximate surface area is 142 Å². The molecule has 4 aromatic rings. The van der Waals surface area contributed by atoms with Crippen LogP contribution in [0.3, 0.4) is 0 Å². The third-order valence-electron chi connectivity index (χ3n) is 4.03. The molecular weight excluding hydrogens is 324 g/mol. The van der Waals surface area contributed by atoms with Crippen LogP contribution in [0.4, 0.5) is 8.78 Å². The molecule has 0 aliphatic rings. The molecular formula is C20H12F2NO2. The topological polar surface area (TPSA) is 45.4 Å². The number of aromatic nitrogens is 1. The quantitative estimate of drug-likeness (QED) is 0.553. The van der Waals surface area contributed by atoms with E-state index in [1.54, 1.807) is 22.9 Å². The van der Waals surface area contributed by atoms with Crippen LogP contribution < -0.4 is 0 Å². The van der Waals surface area contributed by atoms with Gasteiger partial charge in [-0.15, -0.1) is 0 Å². The molecule has 0 aliphatic carbocycles. The molecule has 0 saturated heterocycles. The molecule has 2 N–H and O–H groups in total. The van der Waals surface area contributed by atoms with E-state index < -0.39 is 11.6 Å². The molecule has 3 nitrogen and oxygen atoms in total. The van der Waals surface area contributed by atoms with Crippen molar-refractivity contribution < 1.29 is 19.0 Å². The largest absolute Gasteiger partial charge is 0.508 e. The van der Waals surface area contributed by atoms with Gasteiger partial charge >= 0.3 is 0 Å². The summed E-state index contributed by atoms with van der Waals surface area (Å²) < 4.78 is 29.9. The van der Waals surface area contributed by atoms with Crippen molar-refractivity contribution in [1.29, 1.82) is 0 Å². The van der Waals surface area contributed by atoms with Crippen molar-refractivity contribution in [2.75, 3.05) is 0 Å². The van der Waals surface area contributed by atoms with Crippen LogP contribution in [0.15, 0.2) is 60.8 Å². The summed E-state index contributed by atoms with van der Waals surface area (Å²) in [5, 5.41) is 19.4. The van der Waals surface area contributed by atoms with Crippen molar-refractivity contribution in [2.45, 2.75) is 0 Å². The summed E-state index contributed by atoms with van der Waals surface area (Å²) in [7, 11) is 0. The number of fused-ring (bicyclic) bond motifs is 1. The standard InChI is InChI=1S/C20H12F2NO2/c21-13-8-18(22)20-17(12-4-6-15(24)7-5-12)11-23(19(20)9-13)14-2-1-3-16(25)10-14/h1,3-11,24-25H. The third-order valence-corrected chi connectivity index (χ3v) is 4.03. The number of rotatable bonds is 2. The SMILES string of the molecule is Oc1ccc(-c2cn(-c3[c]ccc(O)c3)c3cc(F)cc(F)c23)cc1. The predicted octanol–water partition coefficient (Wildman–Crippen LogP) is 4.79. The Morgan fingerprint density at radius 1 is 0.880 bits per heavy atom. The second-order valence-corrected chi connectivity index (χ2v) is 5.67. The predicted molar refractivity (Wildman–Crippen MR) is 90.8 cm³/mol. The van der Waals surface area contributed by atoms with Gasteiger partial charge in [0.2, 0.25) is 0 Å². The summed E-state index contributed by atoms with van der Waals surface area (Å²) in [6.07, 6.45) is 1.66. The average molecular weight is 336 g/mol. The van der Waals surface area contributed by atoms with Gasteiger partial charge in [0.1, 0.15) is 23.1 Å². The van der Waals surface area contributed by atoms with Crippen molar-refractivity contribution in [2.24, 2.45) is 0 Å². The second kappa shape index (κ2) is 5.63. The number of phenols is 2. The van der Waals surface area contributed by atoms with Crippen molar-refractivity contribution in [1.82, 2.24) is 4.57 Å². The van der Waals surface area contributed by atoms with Gasteiger partial charge in [0, 0.05) is 35.3 Å². The van der Waals surface area contributed by atoms with Crippen LogP contribution >= 0.6 is 0 Å². The Balaban J connectivity index is 2.06. The normalized spacial score (nSPS) is 11.1. The van der Waals surface area contributed by atoms with Crippen LogP contribution in [-0.2, 0) is 0 Å². The fourth-order valence-electron chi connectivity index (χ4n) is 2.92. The first-order valence-corrected chi connectivity index (χ1v) is 7.53. The summed E-state index contributed by atoms with van der Waals surface area (Å²) in [5.74, 6) is -1.25. The minimum atomic E-state index is -0.693. The molecule has 4 rings (SSSR count). The molecule has 0 saturated carbocycles. The number of nitrogens with zero attached hydrogens (tertiary/aromatic N) is 1. The number of aromatic hydroxyl groups is 2. The van der Waals surface area contributed by atoms with Crippen LogP contribution in [0.1, 0.15) is 0 Å². The van der Waals surface area contributed by atoms with Gasteiger partial charge in [-0.1, -0.05) is 12.1 Å². The minimum absolute atomic E-state index is 0.0265. The molecule has 3 aromatic carbocycles. The molecule has 1 radical (unpaired) electrons. The van der Waals surface area contributed by atoms with Crippen molar-refractivity contribution >= 4 is 10.9 Å². The van der Waals surface area contributed by atoms with Gasteiger partial charge in [0.25, 0.3) is 0 Å². The first-order chi connectivity index (χ1) is 12.0. The van der Waals surface area contributed by atoms with Gasteiger partial charge in [-0.25, -0.2) is 8.78 Å². The maximum Gasteiger partial charge on any atom is 0.136 e. The Bertz CT molecular complexity index is 1090. The van der Waals surface area contributed by atoms with Crippen LogP contribution in [-0.4, -0.2) is 14.8 Å². The molecule has 123 valence electrons. The molecule has 0 atom stereocenters. The molecule has 0 aliphatic heterocycles. The molecule has 0 fully saturated rings. The fraction of sp³-hybridized carbons (Fsp3) is 0. The number of hydrogen-bond donors (Lipinski definition) is 2. The molecule has 0 spiro atoms. The summed E-state index contributed by atoms with van der Waals surface area (Å²) in [5.41, 5.74) is 2.00. The van der Waals surface area contributed by atoms with E-state index in [0.29, 0.717) is 22.3 Å². The zero-order chi connectivity index (χ0) is 17.6. The lowest BCUT2D eigenvalue weighted by Crippen LogP contribution is -1.92. The lowest BCUT2D eigenvalue weighted by Gasteiger charge is -2.05. The smallest absolute Gasteiger partial charge is 0.136 e. The summed E-state index contributed by atoms with van der Waals surface area (Å²) in [6.45, 7) is 0. The maximum atomic E-state index is 14.5. The Kier molecular flexibility index (Phi) is 3.42. The molecule has 0 unspecified atom stereocenters. The van der Waals surface area contributed by atoms with Gasteiger partial charge in [-0.05, 0) is 35.9 Å². The molecule has 1 aromatic heterocycles. The van der Waals surface area contributed by atoms with E-state index in [9.17, 15) is 19.0 Å². The van der Waals surface area contributed by atoms with E-state index in [1.807, 2.05) is 0 Å². The molecule has 5 heteroatoms. The van der Waals surface area contributed by atoms with Gasteiger partial charge in [0.05, 0.1) is 11.2 Å². The van der Waals surface area contributed by atoms with Crippen LogP contribution in [0, 0.1) is 17.7 Å². The monoisotopic (exact) mass is 336 g/mol. The van der Waals surface area contributed by atoms with Gasteiger partial charge in [-0.2, -0.15) is 0 Å². The van der Waals surface area contributed by atoms with Crippen LogP contribution in [0.2, 0.25) is 0 Å². The highest BCUT2D eigenvalue weighted by atomic mass is 19.1. The van der Waals surface area contributed by atoms with E-state index in [-0.39, 0.29) is 16.9 Å². The van der Waals surface area contributed by atoms with Crippen molar-refractivity contribution in [3.63, 3.8) is 0 Å². The summed E-state index contributed by atoms with van der Waals surface area (Å²) in [6, 6.07) is 15.8. The van der Waals surface area contributed by atoms with E-state index in [4.69, 9.17) is 0 Å². The number of halogens is 2. The minimum Gasteiger partial charge on any atom is -0.508 e. The van der Waals surface area contributed by atoms with E-state index >= 15 is 0 Å². The average Bonchev–Trinajstić information content (AvgIpc) is 2.95. The van der Waals surface area contributed by atoms with Crippen LogP contribution in [0.25, 0.3) is 27.7 Å². The zero-order valence-corrected chi connectivity index (χ0v) is 12.9. The highest BCUT2D eigenvalue weighted by Gasteiger charge is 2.17. The molecule has 1 heterocycles. The van der Waals surface area contributed by atoms with E-state index in [2.05, 4.69) is 6.07 Å². The van der Waals surface area contributed by atoms with Gasteiger partial charge in [-0.3, -0.25) is 0 Å². The van der Waals surface area contributed by atoms with E-state index in [1.165, 1.54) is 36.4 Å². The first kappa shape index (κ1) is 15.2. The highest BCUT2D eigenvalue weighted by Crippen LogP contribution is 2.35. The number of hydrogen-bond acceptors (Lipinski definition) is 2. The van der Waals surface area contributed by atoms with Crippen molar-refractivity contribution in [3.05, 3.63) is 78.5 Å². The van der Waals surface area contributed by atoms with Crippen LogP contribution in [0.5, 0.6) is 11.5 Å².